The molecule has 1 aromatic carbocycles. The molecule has 0 aliphatic rings. The lowest BCUT2D eigenvalue weighted by molar-refractivity contribution is 0.0697. The van der Waals surface area contributed by atoms with Crippen molar-refractivity contribution in [1.29, 1.82) is 0 Å². The quantitative estimate of drug-likeness (QED) is 0.753. The zero-order valence-electron chi connectivity index (χ0n) is 10.1. The standard InChI is InChI=1S/C13H10N4O2/c1-17-11-5-3-2-4-10(11)16-12(17)8-6-14-15-7-9(8)13(18)19/h2-7H,1H3,(H,18,19). The summed E-state index contributed by atoms with van der Waals surface area (Å²) in [5.41, 5.74) is 2.30. The second-order valence-corrected chi connectivity index (χ2v) is 4.10. The predicted octanol–water partition coefficient (Wildman–Crippen LogP) is 1.73. The van der Waals surface area contributed by atoms with Crippen LogP contribution >= 0.6 is 0 Å². The van der Waals surface area contributed by atoms with Crippen molar-refractivity contribution in [2.45, 2.75) is 0 Å². The van der Waals surface area contributed by atoms with Gasteiger partial charge in [-0.05, 0) is 12.1 Å². The lowest BCUT2D eigenvalue weighted by atomic mass is 10.1. The molecule has 94 valence electrons. The average Bonchev–Trinajstić information content (AvgIpc) is 2.76. The van der Waals surface area contributed by atoms with Gasteiger partial charge in [0.1, 0.15) is 5.82 Å². The summed E-state index contributed by atoms with van der Waals surface area (Å²) in [4.78, 5) is 15.7. The van der Waals surface area contributed by atoms with Gasteiger partial charge in [-0.25, -0.2) is 9.78 Å². The molecule has 19 heavy (non-hydrogen) atoms. The first kappa shape index (κ1) is 11.3. The zero-order chi connectivity index (χ0) is 13.4. The van der Waals surface area contributed by atoms with E-state index in [1.54, 1.807) is 0 Å². The molecule has 0 amide bonds. The number of carboxylic acid groups (broad SMARTS) is 1. The van der Waals surface area contributed by atoms with E-state index in [4.69, 9.17) is 0 Å². The summed E-state index contributed by atoms with van der Waals surface area (Å²) in [5.74, 6) is -0.481. The van der Waals surface area contributed by atoms with Crippen molar-refractivity contribution < 1.29 is 9.90 Å². The number of aryl methyl sites for hydroxylation is 1. The van der Waals surface area contributed by atoms with Crippen LogP contribution in [0.15, 0.2) is 36.7 Å². The van der Waals surface area contributed by atoms with E-state index in [0.717, 1.165) is 11.0 Å². The molecule has 6 heteroatoms. The number of fused-ring (bicyclic) bond motifs is 1. The minimum absolute atomic E-state index is 0.0911. The Hall–Kier alpha value is -2.76. The fourth-order valence-corrected chi connectivity index (χ4v) is 2.06. The molecule has 1 N–H and O–H groups in total. The molecule has 6 nitrogen and oxygen atoms in total. The molecule has 0 unspecified atom stereocenters. The number of carbonyl (C=O) groups is 1. The number of benzene rings is 1. The molecule has 0 radical (unpaired) electrons. The van der Waals surface area contributed by atoms with Crippen LogP contribution in [0.3, 0.4) is 0 Å². The number of hydrogen-bond acceptors (Lipinski definition) is 4. The van der Waals surface area contributed by atoms with Crippen molar-refractivity contribution in [1.82, 2.24) is 19.7 Å². The summed E-state index contributed by atoms with van der Waals surface area (Å²) in [6.07, 6.45) is 2.65. The SMILES string of the molecule is Cn1c(-c2cnncc2C(=O)O)nc2ccccc21. The lowest BCUT2D eigenvalue weighted by Crippen LogP contribution is -2.04. The van der Waals surface area contributed by atoms with Gasteiger partial charge in [-0.1, -0.05) is 12.1 Å². The molecular weight excluding hydrogens is 244 g/mol. The zero-order valence-corrected chi connectivity index (χ0v) is 10.1. The third-order valence-electron chi connectivity index (χ3n) is 2.99. The molecule has 0 aliphatic carbocycles. The van der Waals surface area contributed by atoms with Crippen molar-refractivity contribution in [2.75, 3.05) is 0 Å². The summed E-state index contributed by atoms with van der Waals surface area (Å²) in [6.45, 7) is 0. The monoisotopic (exact) mass is 254 g/mol. The van der Waals surface area contributed by atoms with E-state index < -0.39 is 5.97 Å². The Labute approximate surface area is 108 Å². The van der Waals surface area contributed by atoms with E-state index in [-0.39, 0.29) is 5.56 Å². The molecule has 3 rings (SSSR count). The van der Waals surface area contributed by atoms with Crippen LogP contribution in [0.5, 0.6) is 0 Å². The highest BCUT2D eigenvalue weighted by Gasteiger charge is 2.17. The van der Waals surface area contributed by atoms with Crippen LogP contribution in [0.1, 0.15) is 10.4 Å². The predicted molar refractivity (Wildman–Crippen MR) is 68.7 cm³/mol. The van der Waals surface area contributed by atoms with E-state index >= 15 is 0 Å². The molecule has 0 saturated heterocycles. The summed E-state index contributed by atoms with van der Waals surface area (Å²) in [6, 6.07) is 7.62. The molecule has 2 heterocycles. The van der Waals surface area contributed by atoms with E-state index in [2.05, 4.69) is 15.2 Å². The Morgan fingerprint density at radius 3 is 2.68 bits per heavy atom. The van der Waals surface area contributed by atoms with E-state index in [1.807, 2.05) is 35.9 Å². The Kier molecular flexibility index (Phi) is 2.49. The molecule has 0 fully saturated rings. The van der Waals surface area contributed by atoms with Gasteiger partial charge in [-0.3, -0.25) is 0 Å². The minimum Gasteiger partial charge on any atom is -0.478 e. The first-order valence-corrected chi connectivity index (χ1v) is 5.64. The molecule has 0 aliphatic heterocycles. The maximum Gasteiger partial charge on any atom is 0.338 e. The van der Waals surface area contributed by atoms with Crippen molar-refractivity contribution >= 4 is 17.0 Å². The molecule has 0 bridgehead atoms. The molecule has 3 aromatic rings. The van der Waals surface area contributed by atoms with Gasteiger partial charge in [-0.2, -0.15) is 10.2 Å². The molecule has 0 spiro atoms. The molecule has 2 aromatic heterocycles. The third kappa shape index (κ3) is 1.74. The number of imidazole rings is 1. The number of hydrogen-bond donors (Lipinski definition) is 1. The maximum absolute atomic E-state index is 11.2. The highest BCUT2D eigenvalue weighted by molar-refractivity contribution is 5.95. The molecule has 0 atom stereocenters. The summed E-state index contributed by atoms with van der Waals surface area (Å²) < 4.78 is 1.85. The summed E-state index contributed by atoms with van der Waals surface area (Å²) >= 11 is 0. The van der Waals surface area contributed by atoms with Gasteiger partial charge in [0.15, 0.2) is 0 Å². The average molecular weight is 254 g/mol. The maximum atomic E-state index is 11.2. The number of rotatable bonds is 2. The fourth-order valence-electron chi connectivity index (χ4n) is 2.06. The molecule has 0 saturated carbocycles. The van der Waals surface area contributed by atoms with Gasteiger partial charge in [0.25, 0.3) is 0 Å². The van der Waals surface area contributed by atoms with Crippen molar-refractivity contribution in [2.24, 2.45) is 7.05 Å². The number of nitrogens with zero attached hydrogens (tertiary/aromatic N) is 4. The van der Waals surface area contributed by atoms with Crippen LogP contribution in [0.25, 0.3) is 22.4 Å². The van der Waals surface area contributed by atoms with Crippen LogP contribution in [0.2, 0.25) is 0 Å². The van der Waals surface area contributed by atoms with Crippen LogP contribution in [-0.2, 0) is 7.05 Å². The minimum atomic E-state index is -1.04. The van der Waals surface area contributed by atoms with Gasteiger partial charge in [0.2, 0.25) is 0 Å². The van der Waals surface area contributed by atoms with Gasteiger partial charge < -0.3 is 9.67 Å². The van der Waals surface area contributed by atoms with Gasteiger partial charge >= 0.3 is 5.97 Å². The van der Waals surface area contributed by atoms with Crippen LogP contribution in [0, 0.1) is 0 Å². The van der Waals surface area contributed by atoms with Crippen molar-refractivity contribution in [3.05, 3.63) is 42.2 Å². The summed E-state index contributed by atoms with van der Waals surface area (Å²) in [7, 11) is 1.84. The normalized spacial score (nSPS) is 10.8. The van der Waals surface area contributed by atoms with Crippen LogP contribution < -0.4 is 0 Å². The second kappa shape index (κ2) is 4.16. The fraction of sp³-hybridized carbons (Fsp3) is 0.0769. The van der Waals surface area contributed by atoms with Gasteiger partial charge in [-0.15, -0.1) is 0 Å². The second-order valence-electron chi connectivity index (χ2n) is 4.10. The number of aromatic nitrogens is 4. The van der Waals surface area contributed by atoms with Gasteiger partial charge in [0.05, 0.1) is 34.6 Å². The summed E-state index contributed by atoms with van der Waals surface area (Å²) in [5, 5.41) is 16.5. The number of carboxylic acids is 1. The van der Waals surface area contributed by atoms with E-state index in [0.29, 0.717) is 11.4 Å². The largest absolute Gasteiger partial charge is 0.478 e. The first-order chi connectivity index (χ1) is 9.18. The third-order valence-corrected chi connectivity index (χ3v) is 2.99. The van der Waals surface area contributed by atoms with Crippen molar-refractivity contribution in [3.8, 4) is 11.4 Å². The number of aromatic carboxylic acids is 1. The Morgan fingerprint density at radius 1 is 1.21 bits per heavy atom. The van der Waals surface area contributed by atoms with Crippen LogP contribution in [-0.4, -0.2) is 30.8 Å². The number of para-hydroxylation sites is 2. The first-order valence-electron chi connectivity index (χ1n) is 5.64. The smallest absolute Gasteiger partial charge is 0.338 e. The van der Waals surface area contributed by atoms with Crippen LogP contribution in [0.4, 0.5) is 0 Å². The van der Waals surface area contributed by atoms with Crippen molar-refractivity contribution in [3.63, 3.8) is 0 Å². The topological polar surface area (TPSA) is 80.9 Å². The Bertz CT molecular complexity index is 779. The highest BCUT2D eigenvalue weighted by Crippen LogP contribution is 2.25. The highest BCUT2D eigenvalue weighted by atomic mass is 16.4. The Balaban J connectivity index is 2.31. The van der Waals surface area contributed by atoms with Gasteiger partial charge in [0, 0.05) is 7.05 Å². The van der Waals surface area contributed by atoms with E-state index in [9.17, 15) is 9.90 Å². The molecular formula is C13H10N4O2. The van der Waals surface area contributed by atoms with E-state index in [1.165, 1.54) is 12.4 Å². The Morgan fingerprint density at radius 2 is 1.95 bits per heavy atom. The lowest BCUT2D eigenvalue weighted by Gasteiger charge is -2.04.